The Morgan fingerprint density at radius 2 is 2.33 bits per heavy atom. The normalized spacial score (nSPS) is 26.0. The maximum absolute atomic E-state index is 12.8. The zero-order valence-electron chi connectivity index (χ0n) is 13.3. The van der Waals surface area contributed by atoms with Crippen LogP contribution >= 0.6 is 35.3 Å². The zero-order valence-corrected chi connectivity index (χ0v) is 15.7. The molecule has 2 fully saturated rings. The molecule has 0 unspecified atom stereocenters. The first-order valence-electron chi connectivity index (χ1n) is 8.21. The largest absolute Gasteiger partial charge is 0.349 e. The number of hydrogen-bond acceptors (Lipinski definition) is 4. The van der Waals surface area contributed by atoms with Crippen LogP contribution in [0.3, 0.4) is 0 Å². The van der Waals surface area contributed by atoms with E-state index in [0.717, 1.165) is 41.2 Å². The van der Waals surface area contributed by atoms with Crippen molar-refractivity contribution < 1.29 is 4.79 Å². The van der Waals surface area contributed by atoms with Gasteiger partial charge in [0.15, 0.2) is 0 Å². The van der Waals surface area contributed by atoms with Crippen molar-refractivity contribution in [3.05, 3.63) is 28.2 Å². The predicted molar refractivity (Wildman–Crippen MR) is 101 cm³/mol. The summed E-state index contributed by atoms with van der Waals surface area (Å²) in [6.07, 6.45) is 4.58. The summed E-state index contributed by atoms with van der Waals surface area (Å²) in [5.74, 6) is 0.690. The number of hydrogen-bond donors (Lipinski definition) is 2. The number of halogens is 2. The first-order chi connectivity index (χ1) is 11.2. The van der Waals surface area contributed by atoms with Gasteiger partial charge in [-0.25, -0.2) is 4.98 Å². The molecule has 130 valence electrons. The van der Waals surface area contributed by atoms with Crippen LogP contribution in [0.2, 0.25) is 5.02 Å². The third-order valence-electron chi connectivity index (χ3n) is 5.28. The van der Waals surface area contributed by atoms with E-state index in [2.05, 4.69) is 15.6 Å². The van der Waals surface area contributed by atoms with E-state index in [1.165, 1.54) is 12.8 Å². The lowest BCUT2D eigenvalue weighted by Crippen LogP contribution is -2.47. The van der Waals surface area contributed by atoms with Gasteiger partial charge < -0.3 is 10.6 Å². The Hall–Kier alpha value is -0.880. The fourth-order valence-corrected chi connectivity index (χ4v) is 5.10. The highest BCUT2D eigenvalue weighted by Gasteiger charge is 2.49. The molecule has 1 amide bonds. The molecule has 4 nitrogen and oxygen atoms in total. The van der Waals surface area contributed by atoms with Gasteiger partial charge in [-0.1, -0.05) is 24.4 Å². The van der Waals surface area contributed by atoms with E-state index in [4.69, 9.17) is 11.6 Å². The van der Waals surface area contributed by atoms with Gasteiger partial charge >= 0.3 is 0 Å². The molecule has 24 heavy (non-hydrogen) atoms. The molecule has 0 spiro atoms. The lowest BCUT2D eigenvalue weighted by Gasteiger charge is -2.37. The maximum atomic E-state index is 12.8. The molecule has 2 aliphatic rings. The van der Waals surface area contributed by atoms with Crippen LogP contribution in [-0.2, 0) is 11.3 Å². The molecular formula is C17H21Cl2N3OS. The number of aromatic nitrogens is 1. The van der Waals surface area contributed by atoms with E-state index in [-0.39, 0.29) is 23.7 Å². The molecule has 2 aromatic rings. The first-order valence-corrected chi connectivity index (χ1v) is 9.41. The minimum Gasteiger partial charge on any atom is -0.349 e. The zero-order chi connectivity index (χ0) is 15.9. The Kier molecular flexibility index (Phi) is 5.35. The van der Waals surface area contributed by atoms with E-state index < -0.39 is 0 Å². The summed E-state index contributed by atoms with van der Waals surface area (Å²) in [6.45, 7) is 2.30. The third-order valence-corrected chi connectivity index (χ3v) is 6.56. The molecule has 2 heterocycles. The summed E-state index contributed by atoms with van der Waals surface area (Å²) >= 11 is 7.62. The number of nitrogens with zero attached hydrogens (tertiary/aromatic N) is 1. The van der Waals surface area contributed by atoms with Gasteiger partial charge in [-0.2, -0.15) is 0 Å². The van der Waals surface area contributed by atoms with Crippen LogP contribution < -0.4 is 10.6 Å². The quantitative estimate of drug-likeness (QED) is 0.845. The van der Waals surface area contributed by atoms with Crippen molar-refractivity contribution in [2.24, 2.45) is 11.3 Å². The van der Waals surface area contributed by atoms with E-state index in [9.17, 15) is 4.79 Å². The molecule has 1 aromatic heterocycles. The van der Waals surface area contributed by atoms with Gasteiger partial charge in [-0.3, -0.25) is 4.79 Å². The van der Waals surface area contributed by atoms with Crippen LogP contribution in [0.1, 0.15) is 30.7 Å². The Labute approximate surface area is 156 Å². The van der Waals surface area contributed by atoms with Gasteiger partial charge in [0.25, 0.3) is 0 Å². The van der Waals surface area contributed by atoms with Crippen LogP contribution in [-0.4, -0.2) is 24.0 Å². The number of fused-ring (bicyclic) bond motifs is 2. The molecule has 0 radical (unpaired) electrons. The minimum atomic E-state index is -0.196. The van der Waals surface area contributed by atoms with Crippen molar-refractivity contribution in [2.45, 2.75) is 32.2 Å². The van der Waals surface area contributed by atoms with Crippen molar-refractivity contribution in [3.8, 4) is 0 Å². The molecule has 0 bridgehead atoms. The maximum Gasteiger partial charge on any atom is 0.228 e. The molecule has 1 saturated carbocycles. The highest BCUT2D eigenvalue weighted by molar-refractivity contribution is 7.18. The number of benzene rings is 1. The summed E-state index contributed by atoms with van der Waals surface area (Å²) in [6, 6.07) is 5.73. The van der Waals surface area contributed by atoms with E-state index in [1.54, 1.807) is 11.3 Å². The summed E-state index contributed by atoms with van der Waals surface area (Å²) in [5.41, 5.74) is 0.709. The van der Waals surface area contributed by atoms with Crippen molar-refractivity contribution in [3.63, 3.8) is 0 Å². The molecule has 1 saturated heterocycles. The monoisotopic (exact) mass is 385 g/mol. The Morgan fingerprint density at radius 1 is 1.46 bits per heavy atom. The second-order valence-electron chi connectivity index (χ2n) is 6.63. The second-order valence-corrected chi connectivity index (χ2v) is 8.18. The molecular weight excluding hydrogens is 365 g/mol. The van der Waals surface area contributed by atoms with Crippen molar-refractivity contribution >= 4 is 51.5 Å². The average Bonchev–Trinajstić information content (AvgIpc) is 3.16. The highest BCUT2D eigenvalue weighted by Crippen LogP contribution is 2.44. The second kappa shape index (κ2) is 7.16. The summed E-state index contributed by atoms with van der Waals surface area (Å²) < 4.78 is 1.11. The van der Waals surface area contributed by atoms with Crippen LogP contribution in [0, 0.1) is 11.3 Å². The van der Waals surface area contributed by atoms with Crippen LogP contribution in [0.15, 0.2) is 18.2 Å². The number of carbonyl (C=O) groups is 1. The fraction of sp³-hybridized carbons (Fsp3) is 0.529. The topological polar surface area (TPSA) is 54.0 Å². The highest BCUT2D eigenvalue weighted by atomic mass is 35.5. The number of thiazole rings is 1. The molecule has 1 aliphatic heterocycles. The molecule has 1 aliphatic carbocycles. The van der Waals surface area contributed by atoms with Crippen molar-refractivity contribution in [2.75, 3.05) is 13.1 Å². The van der Waals surface area contributed by atoms with E-state index >= 15 is 0 Å². The molecule has 4 rings (SSSR count). The fourth-order valence-electron chi connectivity index (χ4n) is 4.05. The molecule has 2 atom stereocenters. The van der Waals surface area contributed by atoms with Crippen molar-refractivity contribution in [1.82, 2.24) is 15.6 Å². The van der Waals surface area contributed by atoms with E-state index in [1.807, 2.05) is 18.2 Å². The summed E-state index contributed by atoms with van der Waals surface area (Å²) in [4.78, 5) is 17.4. The standard InChI is InChI=1S/C17H20ClN3OS.ClH/c18-12-4-5-14-13(7-12)21-15(23-14)9-20-16(22)17-6-2-1-3-11(17)8-19-10-17;/h4-5,7,11,19H,1-3,6,8-10H2,(H,20,22);1H/t11-,17+;/m0./s1. The number of carbonyl (C=O) groups excluding carboxylic acids is 1. The Balaban J connectivity index is 0.00000169. The third kappa shape index (κ3) is 3.15. The van der Waals surface area contributed by atoms with Crippen LogP contribution in [0.5, 0.6) is 0 Å². The molecule has 2 N–H and O–H groups in total. The number of rotatable bonds is 3. The summed E-state index contributed by atoms with van der Waals surface area (Å²) in [7, 11) is 0. The lowest BCUT2D eigenvalue weighted by atomic mass is 9.67. The van der Waals surface area contributed by atoms with Crippen LogP contribution in [0.4, 0.5) is 0 Å². The van der Waals surface area contributed by atoms with E-state index in [0.29, 0.717) is 17.5 Å². The number of nitrogens with one attached hydrogen (secondary N) is 2. The lowest BCUT2D eigenvalue weighted by molar-refractivity contribution is -0.134. The summed E-state index contributed by atoms with van der Waals surface area (Å²) in [5, 5.41) is 8.20. The molecule has 1 aromatic carbocycles. The predicted octanol–water partition coefficient (Wildman–Crippen LogP) is 3.77. The van der Waals surface area contributed by atoms with Gasteiger partial charge in [0.2, 0.25) is 5.91 Å². The number of amides is 1. The Bertz CT molecular complexity index is 751. The first kappa shape index (κ1) is 17.9. The molecule has 7 heteroatoms. The van der Waals surface area contributed by atoms with Crippen molar-refractivity contribution in [1.29, 1.82) is 0 Å². The smallest absolute Gasteiger partial charge is 0.228 e. The van der Waals surface area contributed by atoms with Gasteiger partial charge in [0, 0.05) is 11.6 Å². The van der Waals surface area contributed by atoms with Gasteiger partial charge in [0.05, 0.1) is 22.2 Å². The van der Waals surface area contributed by atoms with Gasteiger partial charge in [-0.15, -0.1) is 23.7 Å². The SMILES string of the molecule is Cl.O=C(NCc1nc2cc(Cl)ccc2s1)[C@@]12CCCC[C@H]1CNC2. The van der Waals surface area contributed by atoms with Gasteiger partial charge in [0.1, 0.15) is 5.01 Å². The minimum absolute atomic E-state index is 0. The average molecular weight is 386 g/mol. The Morgan fingerprint density at radius 3 is 3.21 bits per heavy atom. The van der Waals surface area contributed by atoms with Crippen LogP contribution in [0.25, 0.3) is 10.2 Å². The van der Waals surface area contributed by atoms with Gasteiger partial charge in [-0.05, 0) is 43.5 Å².